The average molecular weight is 418 g/mol. The highest BCUT2D eigenvalue weighted by molar-refractivity contribution is 8.00. The van der Waals surface area contributed by atoms with Gasteiger partial charge in [0.25, 0.3) is 0 Å². The van der Waals surface area contributed by atoms with E-state index in [4.69, 9.17) is 9.97 Å². The number of amides is 1. The predicted molar refractivity (Wildman–Crippen MR) is 119 cm³/mol. The summed E-state index contributed by atoms with van der Waals surface area (Å²) in [4.78, 5) is 21.9. The predicted octanol–water partition coefficient (Wildman–Crippen LogP) is 5.40. The normalized spacial score (nSPS) is 10.9. The fourth-order valence-electron chi connectivity index (χ4n) is 3.10. The maximum Gasteiger partial charge on any atom is 0.234 e. The molecule has 4 nitrogen and oxygen atoms in total. The monoisotopic (exact) mass is 417 g/mol. The number of fused-ring (bicyclic) bond motifs is 1. The molecule has 4 rings (SSSR count). The zero-order valence-corrected chi connectivity index (χ0v) is 17.2. The summed E-state index contributed by atoms with van der Waals surface area (Å²) in [7, 11) is 0. The minimum absolute atomic E-state index is 0.103. The first kappa shape index (κ1) is 20.0. The number of aryl methyl sites for hydroxylation is 1. The molecular formula is C24H20FN3OS. The quantitative estimate of drug-likeness (QED) is 0.427. The summed E-state index contributed by atoms with van der Waals surface area (Å²) in [6.07, 6.45) is 0.514. The lowest BCUT2D eigenvalue weighted by molar-refractivity contribution is -0.113. The highest BCUT2D eigenvalue weighted by Crippen LogP contribution is 2.25. The lowest BCUT2D eigenvalue weighted by Gasteiger charge is -2.10. The van der Waals surface area contributed by atoms with Gasteiger partial charge in [-0.3, -0.25) is 4.79 Å². The summed E-state index contributed by atoms with van der Waals surface area (Å²) < 4.78 is 13.2. The third-order valence-electron chi connectivity index (χ3n) is 4.53. The van der Waals surface area contributed by atoms with E-state index >= 15 is 0 Å². The van der Waals surface area contributed by atoms with Gasteiger partial charge in [-0.1, -0.05) is 48.2 Å². The molecule has 0 aliphatic rings. The van der Waals surface area contributed by atoms with Crippen molar-refractivity contribution in [1.82, 2.24) is 9.97 Å². The number of carbonyl (C=O) groups excluding carboxylic acids is 1. The number of aromatic nitrogens is 2. The van der Waals surface area contributed by atoms with Crippen molar-refractivity contribution in [2.45, 2.75) is 18.4 Å². The first-order valence-corrected chi connectivity index (χ1v) is 10.5. The number of carbonyl (C=O) groups is 1. The smallest absolute Gasteiger partial charge is 0.234 e. The van der Waals surface area contributed by atoms with Crippen LogP contribution < -0.4 is 5.32 Å². The molecule has 1 amide bonds. The third kappa shape index (κ3) is 5.02. The SMILES string of the molecule is Cc1cccc(NC(=O)CSc2nc3ccccc3nc2Cc2ccc(F)cc2)c1. The van der Waals surface area contributed by atoms with Crippen molar-refractivity contribution in [2.24, 2.45) is 0 Å². The maximum atomic E-state index is 13.2. The van der Waals surface area contributed by atoms with Gasteiger partial charge in [0.1, 0.15) is 10.8 Å². The van der Waals surface area contributed by atoms with Crippen LogP contribution in [0.2, 0.25) is 0 Å². The molecule has 0 aliphatic carbocycles. The van der Waals surface area contributed by atoms with Crippen LogP contribution in [0.4, 0.5) is 10.1 Å². The van der Waals surface area contributed by atoms with Crippen molar-refractivity contribution in [1.29, 1.82) is 0 Å². The van der Waals surface area contributed by atoms with E-state index in [1.54, 1.807) is 12.1 Å². The summed E-state index contributed by atoms with van der Waals surface area (Å²) in [6.45, 7) is 1.98. The van der Waals surface area contributed by atoms with Crippen LogP contribution in [-0.2, 0) is 11.2 Å². The minimum atomic E-state index is -0.272. The van der Waals surface area contributed by atoms with Crippen LogP contribution in [0.25, 0.3) is 11.0 Å². The standard InChI is InChI=1S/C24H20FN3OS/c1-16-5-4-6-19(13-16)26-23(29)15-30-24-22(14-17-9-11-18(25)12-10-17)27-20-7-2-3-8-21(20)28-24/h2-13H,14-15H2,1H3,(H,26,29). The molecule has 3 aromatic carbocycles. The first-order chi connectivity index (χ1) is 14.6. The van der Waals surface area contributed by atoms with Gasteiger partial charge in [-0.2, -0.15) is 0 Å². The van der Waals surface area contributed by atoms with E-state index in [0.29, 0.717) is 11.4 Å². The number of para-hydroxylation sites is 2. The molecule has 0 atom stereocenters. The molecule has 0 unspecified atom stereocenters. The van der Waals surface area contributed by atoms with Crippen LogP contribution in [0.15, 0.2) is 77.8 Å². The number of benzene rings is 3. The number of nitrogens with one attached hydrogen (secondary N) is 1. The van der Waals surface area contributed by atoms with Crippen molar-refractivity contribution in [3.63, 3.8) is 0 Å². The second-order valence-electron chi connectivity index (χ2n) is 6.97. The van der Waals surface area contributed by atoms with Gasteiger partial charge in [-0.15, -0.1) is 0 Å². The number of thioether (sulfide) groups is 1. The Morgan fingerprint density at radius 2 is 1.70 bits per heavy atom. The molecule has 1 aromatic heterocycles. The zero-order chi connectivity index (χ0) is 20.9. The molecule has 0 bridgehead atoms. The van der Waals surface area contributed by atoms with Crippen molar-refractivity contribution in [3.05, 3.63) is 95.4 Å². The molecule has 0 aliphatic heterocycles. The molecule has 0 saturated heterocycles. The Bertz CT molecular complexity index is 1190. The van der Waals surface area contributed by atoms with E-state index in [0.717, 1.165) is 33.5 Å². The van der Waals surface area contributed by atoms with Crippen molar-refractivity contribution < 1.29 is 9.18 Å². The second-order valence-corrected chi connectivity index (χ2v) is 7.94. The molecule has 0 radical (unpaired) electrons. The van der Waals surface area contributed by atoms with Gasteiger partial charge in [-0.25, -0.2) is 14.4 Å². The van der Waals surface area contributed by atoms with E-state index in [1.807, 2.05) is 55.5 Å². The average Bonchev–Trinajstić information content (AvgIpc) is 2.74. The van der Waals surface area contributed by atoms with Gasteiger partial charge in [0, 0.05) is 12.1 Å². The molecule has 30 heavy (non-hydrogen) atoms. The van der Waals surface area contributed by atoms with E-state index in [-0.39, 0.29) is 17.5 Å². The number of halogens is 1. The third-order valence-corrected chi connectivity index (χ3v) is 5.54. The second kappa shape index (κ2) is 9.05. The molecule has 1 N–H and O–H groups in total. The van der Waals surface area contributed by atoms with Gasteiger partial charge in [0.2, 0.25) is 5.91 Å². The number of nitrogens with zero attached hydrogens (tertiary/aromatic N) is 2. The first-order valence-electron chi connectivity index (χ1n) is 9.56. The Balaban J connectivity index is 1.55. The van der Waals surface area contributed by atoms with Crippen LogP contribution in [0, 0.1) is 12.7 Å². The van der Waals surface area contributed by atoms with Crippen LogP contribution in [0.3, 0.4) is 0 Å². The lowest BCUT2D eigenvalue weighted by atomic mass is 10.1. The molecule has 4 aromatic rings. The molecule has 1 heterocycles. The van der Waals surface area contributed by atoms with E-state index in [9.17, 15) is 9.18 Å². The highest BCUT2D eigenvalue weighted by Gasteiger charge is 2.13. The number of hydrogen-bond donors (Lipinski definition) is 1. The number of hydrogen-bond acceptors (Lipinski definition) is 4. The number of anilines is 1. The van der Waals surface area contributed by atoms with Gasteiger partial charge in [-0.05, 0) is 54.4 Å². The fraction of sp³-hybridized carbons (Fsp3) is 0.125. The molecule has 150 valence electrons. The van der Waals surface area contributed by atoms with Gasteiger partial charge < -0.3 is 5.32 Å². The van der Waals surface area contributed by atoms with Crippen molar-refractivity contribution >= 4 is 34.4 Å². The molecule has 0 fully saturated rings. The van der Waals surface area contributed by atoms with Gasteiger partial charge in [0.05, 0.1) is 22.5 Å². The maximum absolute atomic E-state index is 13.2. The van der Waals surface area contributed by atoms with Crippen LogP contribution in [0.1, 0.15) is 16.8 Å². The summed E-state index contributed by atoms with van der Waals surface area (Å²) >= 11 is 1.36. The zero-order valence-electron chi connectivity index (χ0n) is 16.4. The van der Waals surface area contributed by atoms with Gasteiger partial charge in [0.15, 0.2) is 0 Å². The van der Waals surface area contributed by atoms with Crippen LogP contribution >= 0.6 is 11.8 Å². The summed E-state index contributed by atoms with van der Waals surface area (Å²) in [5.41, 5.74) is 5.14. The van der Waals surface area contributed by atoms with Crippen LogP contribution in [-0.4, -0.2) is 21.6 Å². The fourth-order valence-corrected chi connectivity index (χ4v) is 3.89. The minimum Gasteiger partial charge on any atom is -0.325 e. The molecule has 0 spiro atoms. The summed E-state index contributed by atoms with van der Waals surface area (Å²) in [5, 5.41) is 3.62. The van der Waals surface area contributed by atoms with Gasteiger partial charge >= 0.3 is 0 Å². The number of rotatable bonds is 6. The molecule has 6 heteroatoms. The highest BCUT2D eigenvalue weighted by atomic mass is 32.2. The van der Waals surface area contributed by atoms with E-state index in [1.165, 1.54) is 23.9 Å². The largest absolute Gasteiger partial charge is 0.325 e. The van der Waals surface area contributed by atoms with Crippen molar-refractivity contribution in [2.75, 3.05) is 11.1 Å². The van der Waals surface area contributed by atoms with E-state index < -0.39 is 0 Å². The molecular weight excluding hydrogens is 397 g/mol. The van der Waals surface area contributed by atoms with Crippen LogP contribution in [0.5, 0.6) is 0 Å². The lowest BCUT2D eigenvalue weighted by Crippen LogP contribution is -2.14. The Kier molecular flexibility index (Phi) is 6.05. The summed E-state index contributed by atoms with van der Waals surface area (Å²) in [6, 6.07) is 21.7. The summed E-state index contributed by atoms with van der Waals surface area (Å²) in [5.74, 6) is -0.156. The van der Waals surface area contributed by atoms with E-state index in [2.05, 4.69) is 5.32 Å². The topological polar surface area (TPSA) is 54.9 Å². The Morgan fingerprint density at radius 1 is 0.967 bits per heavy atom. The Morgan fingerprint density at radius 3 is 2.43 bits per heavy atom. The Labute approximate surface area is 178 Å². The van der Waals surface area contributed by atoms with Crippen molar-refractivity contribution in [3.8, 4) is 0 Å². The molecule has 0 saturated carbocycles. The Hall–Kier alpha value is -3.25.